The number of allylic oxidation sites excluding steroid dienone is 1. The summed E-state index contributed by atoms with van der Waals surface area (Å²) in [5, 5.41) is 12.6. The van der Waals surface area contributed by atoms with Crippen LogP contribution in [0.25, 0.3) is 5.57 Å². The summed E-state index contributed by atoms with van der Waals surface area (Å²) < 4.78 is 0. The van der Waals surface area contributed by atoms with E-state index >= 15 is 0 Å². The molecule has 2 N–H and O–H groups in total. The van der Waals surface area contributed by atoms with Gasteiger partial charge in [-0.25, -0.2) is 0 Å². The van der Waals surface area contributed by atoms with Gasteiger partial charge in [-0.15, -0.1) is 0 Å². The lowest BCUT2D eigenvalue weighted by Crippen LogP contribution is -2.34. The summed E-state index contributed by atoms with van der Waals surface area (Å²) in [6.45, 7) is 11.5. The van der Waals surface area contributed by atoms with E-state index in [0.717, 1.165) is 30.4 Å². The van der Waals surface area contributed by atoms with Crippen LogP contribution in [0.15, 0.2) is 48.5 Å². The SMILES string of the molecule is CCCCCCCC/C=C(/C(=O)Nc1ccc(O)cc1)c1ccc2c(c1)C(C)(C)CCC2(C)C. The predicted molar refractivity (Wildman–Crippen MR) is 144 cm³/mol. The number of aromatic hydroxyl groups is 1. The normalized spacial score (nSPS) is 16.7. The third-order valence-corrected chi connectivity index (χ3v) is 7.44. The highest BCUT2D eigenvalue weighted by atomic mass is 16.3. The summed E-state index contributed by atoms with van der Waals surface area (Å²) in [4.78, 5) is 13.4. The maximum absolute atomic E-state index is 13.4. The number of phenolic OH excluding ortho intramolecular Hbond substituents is 1. The number of anilines is 1. The number of hydrogen-bond acceptors (Lipinski definition) is 2. The molecule has 0 atom stereocenters. The van der Waals surface area contributed by atoms with Crippen molar-refractivity contribution in [2.45, 2.75) is 103 Å². The van der Waals surface area contributed by atoms with E-state index in [1.165, 1.54) is 49.7 Å². The van der Waals surface area contributed by atoms with Crippen LogP contribution >= 0.6 is 0 Å². The van der Waals surface area contributed by atoms with Crippen molar-refractivity contribution in [2.24, 2.45) is 0 Å². The molecule has 0 saturated carbocycles. The molecule has 0 fully saturated rings. The van der Waals surface area contributed by atoms with E-state index in [4.69, 9.17) is 0 Å². The Kier molecular flexibility index (Phi) is 8.62. The van der Waals surface area contributed by atoms with E-state index in [1.807, 2.05) is 0 Å². The molecule has 3 heteroatoms. The van der Waals surface area contributed by atoms with E-state index in [-0.39, 0.29) is 22.5 Å². The monoisotopic (exact) mass is 461 g/mol. The topological polar surface area (TPSA) is 49.3 Å². The van der Waals surface area contributed by atoms with Gasteiger partial charge < -0.3 is 10.4 Å². The van der Waals surface area contributed by atoms with Crippen LogP contribution in [-0.2, 0) is 15.6 Å². The van der Waals surface area contributed by atoms with Crippen LogP contribution in [0, 0.1) is 0 Å². The lowest BCUT2D eigenvalue weighted by Gasteiger charge is -2.42. The summed E-state index contributed by atoms with van der Waals surface area (Å²) in [5.74, 6) is 0.0980. The first-order chi connectivity index (χ1) is 16.1. The number of amides is 1. The molecule has 0 unspecified atom stereocenters. The van der Waals surface area contributed by atoms with Gasteiger partial charge in [-0.3, -0.25) is 4.79 Å². The minimum Gasteiger partial charge on any atom is -0.508 e. The van der Waals surface area contributed by atoms with Crippen LogP contribution in [0.4, 0.5) is 5.69 Å². The van der Waals surface area contributed by atoms with Gasteiger partial charge >= 0.3 is 0 Å². The largest absolute Gasteiger partial charge is 0.508 e. The van der Waals surface area contributed by atoms with Crippen molar-refractivity contribution in [3.63, 3.8) is 0 Å². The molecule has 1 aliphatic carbocycles. The molecule has 2 aromatic carbocycles. The number of rotatable bonds is 10. The number of carbonyl (C=O) groups is 1. The Morgan fingerprint density at radius 1 is 0.882 bits per heavy atom. The molecule has 3 rings (SSSR count). The van der Waals surface area contributed by atoms with E-state index in [0.29, 0.717) is 5.69 Å². The fourth-order valence-corrected chi connectivity index (χ4v) is 5.01. The zero-order valence-corrected chi connectivity index (χ0v) is 21.8. The number of fused-ring (bicyclic) bond motifs is 1. The molecule has 2 aromatic rings. The maximum atomic E-state index is 13.4. The van der Waals surface area contributed by atoms with Gasteiger partial charge in [0.15, 0.2) is 0 Å². The highest BCUT2D eigenvalue weighted by Gasteiger charge is 2.37. The summed E-state index contributed by atoms with van der Waals surface area (Å²) in [7, 11) is 0. The van der Waals surface area contributed by atoms with Crippen LogP contribution < -0.4 is 5.32 Å². The second kappa shape index (κ2) is 11.3. The number of carbonyl (C=O) groups excluding carboxylic acids is 1. The van der Waals surface area contributed by atoms with Gasteiger partial charge in [0.05, 0.1) is 0 Å². The van der Waals surface area contributed by atoms with E-state index in [1.54, 1.807) is 24.3 Å². The quantitative estimate of drug-likeness (QED) is 0.212. The molecule has 1 amide bonds. The van der Waals surface area contributed by atoms with Gasteiger partial charge in [0.2, 0.25) is 0 Å². The summed E-state index contributed by atoms with van der Waals surface area (Å²) in [6.07, 6.45) is 12.8. The van der Waals surface area contributed by atoms with Crippen molar-refractivity contribution in [1.82, 2.24) is 0 Å². The smallest absolute Gasteiger partial charge is 0.255 e. The third-order valence-electron chi connectivity index (χ3n) is 7.44. The lowest BCUT2D eigenvalue weighted by atomic mass is 9.63. The van der Waals surface area contributed by atoms with Crippen LogP contribution in [0.2, 0.25) is 0 Å². The minimum absolute atomic E-state index is 0.0931. The van der Waals surface area contributed by atoms with Gasteiger partial charge in [-0.2, -0.15) is 0 Å². The molecule has 0 spiro atoms. The van der Waals surface area contributed by atoms with Crippen molar-refractivity contribution >= 4 is 17.2 Å². The third kappa shape index (κ3) is 6.52. The molecule has 0 bridgehead atoms. The molecule has 0 radical (unpaired) electrons. The first-order valence-electron chi connectivity index (χ1n) is 13.1. The van der Waals surface area contributed by atoms with Crippen molar-refractivity contribution in [1.29, 1.82) is 0 Å². The lowest BCUT2D eigenvalue weighted by molar-refractivity contribution is -0.111. The van der Waals surface area contributed by atoms with Crippen molar-refractivity contribution in [3.8, 4) is 5.75 Å². The maximum Gasteiger partial charge on any atom is 0.255 e. The predicted octanol–water partition coefficient (Wildman–Crippen LogP) is 8.51. The zero-order valence-electron chi connectivity index (χ0n) is 21.8. The molecule has 184 valence electrons. The molecule has 3 nitrogen and oxygen atoms in total. The molecule has 0 saturated heterocycles. The summed E-state index contributed by atoms with van der Waals surface area (Å²) >= 11 is 0. The van der Waals surface area contributed by atoms with Crippen molar-refractivity contribution < 1.29 is 9.90 Å². The first-order valence-corrected chi connectivity index (χ1v) is 13.1. The summed E-state index contributed by atoms with van der Waals surface area (Å²) in [6, 6.07) is 13.3. The van der Waals surface area contributed by atoms with E-state index in [2.05, 4.69) is 64.2 Å². The van der Waals surface area contributed by atoms with Gasteiger partial charge in [0, 0.05) is 11.3 Å². The molecular weight excluding hydrogens is 418 g/mol. The second-order valence-corrected chi connectivity index (χ2v) is 11.2. The Morgan fingerprint density at radius 3 is 2.18 bits per heavy atom. The van der Waals surface area contributed by atoms with Crippen LogP contribution in [-0.4, -0.2) is 11.0 Å². The Labute approximate surface area is 206 Å². The fraction of sp³-hybridized carbons (Fsp3) is 0.516. The summed E-state index contributed by atoms with van der Waals surface area (Å²) in [5.41, 5.74) is 5.44. The van der Waals surface area contributed by atoms with Crippen LogP contribution in [0.1, 0.15) is 109 Å². The Bertz CT molecular complexity index is 999. The highest BCUT2D eigenvalue weighted by Crippen LogP contribution is 2.46. The number of phenols is 1. The molecule has 1 aliphatic rings. The minimum atomic E-state index is -0.0931. The average Bonchev–Trinajstić information content (AvgIpc) is 2.80. The molecule has 0 aromatic heterocycles. The van der Waals surface area contributed by atoms with Gasteiger partial charge in [0.1, 0.15) is 5.75 Å². The van der Waals surface area contributed by atoms with Crippen molar-refractivity contribution in [2.75, 3.05) is 5.32 Å². The Hall–Kier alpha value is -2.55. The molecular formula is C31H43NO2. The molecule has 0 heterocycles. The standard InChI is InChI=1S/C31H43NO2/c1-6-7-8-9-10-11-12-13-26(29(34)32-24-15-17-25(33)18-16-24)23-14-19-27-28(22-23)31(4,5)21-20-30(27,2)3/h13-19,22,33H,6-12,20-21H2,1-5H3,(H,32,34)/b26-13+. The average molecular weight is 462 g/mol. The van der Waals surface area contributed by atoms with Crippen molar-refractivity contribution in [3.05, 3.63) is 65.2 Å². The first kappa shape index (κ1) is 26.1. The van der Waals surface area contributed by atoms with E-state index < -0.39 is 0 Å². The van der Waals surface area contributed by atoms with Gasteiger partial charge in [0.25, 0.3) is 5.91 Å². The number of unbranched alkanes of at least 4 members (excludes halogenated alkanes) is 6. The van der Waals surface area contributed by atoms with Gasteiger partial charge in [-0.05, 0) is 77.5 Å². The van der Waals surface area contributed by atoms with Crippen LogP contribution in [0.3, 0.4) is 0 Å². The Balaban J connectivity index is 1.87. The van der Waals surface area contributed by atoms with Gasteiger partial charge in [-0.1, -0.05) is 91.0 Å². The number of nitrogens with one attached hydrogen (secondary N) is 1. The fourth-order valence-electron chi connectivity index (χ4n) is 5.01. The highest BCUT2D eigenvalue weighted by molar-refractivity contribution is 6.25. The second-order valence-electron chi connectivity index (χ2n) is 11.2. The van der Waals surface area contributed by atoms with E-state index in [9.17, 15) is 9.90 Å². The number of hydrogen-bond donors (Lipinski definition) is 2. The molecule has 0 aliphatic heterocycles. The zero-order chi connectivity index (χ0) is 24.8. The Morgan fingerprint density at radius 2 is 1.50 bits per heavy atom. The van der Waals surface area contributed by atoms with Crippen LogP contribution in [0.5, 0.6) is 5.75 Å². The number of benzene rings is 2. The molecule has 34 heavy (non-hydrogen) atoms.